The minimum Gasteiger partial charge on any atom is -0.381 e. The number of nitrogens with two attached hydrogens (primary N) is 1. The van der Waals surface area contributed by atoms with E-state index in [1.807, 2.05) is 6.92 Å². The topological polar surface area (TPSA) is 59.2 Å². The molecule has 17 heavy (non-hydrogen) atoms. The van der Waals surface area contributed by atoms with Crippen molar-refractivity contribution in [3.63, 3.8) is 0 Å². The molecule has 0 saturated carbocycles. The lowest BCUT2D eigenvalue weighted by Gasteiger charge is -2.33. The zero-order valence-electron chi connectivity index (χ0n) is 9.82. The van der Waals surface area contributed by atoms with Crippen molar-refractivity contribution < 1.29 is 9.18 Å². The van der Waals surface area contributed by atoms with Gasteiger partial charge in [-0.05, 0) is 32.3 Å². The van der Waals surface area contributed by atoms with Gasteiger partial charge in [0.2, 0.25) is 0 Å². The van der Waals surface area contributed by atoms with E-state index in [0.29, 0.717) is 6.54 Å². The minimum absolute atomic E-state index is 0.0197. The summed E-state index contributed by atoms with van der Waals surface area (Å²) in [4.78, 5) is 17.5. The van der Waals surface area contributed by atoms with Gasteiger partial charge in [0, 0.05) is 18.8 Å². The number of rotatable bonds is 1. The van der Waals surface area contributed by atoms with E-state index in [-0.39, 0.29) is 23.3 Å². The summed E-state index contributed by atoms with van der Waals surface area (Å²) in [6.45, 7) is 2.67. The van der Waals surface area contributed by atoms with E-state index in [4.69, 9.17) is 5.73 Å². The zero-order valence-corrected chi connectivity index (χ0v) is 9.82. The molecule has 1 aromatic heterocycles. The van der Waals surface area contributed by atoms with Crippen molar-refractivity contribution in [1.82, 2.24) is 9.88 Å². The molecule has 2 heterocycles. The van der Waals surface area contributed by atoms with E-state index < -0.39 is 5.82 Å². The van der Waals surface area contributed by atoms with Crippen LogP contribution in [0, 0.1) is 5.82 Å². The van der Waals surface area contributed by atoms with Gasteiger partial charge in [-0.1, -0.05) is 0 Å². The van der Waals surface area contributed by atoms with Gasteiger partial charge in [0.25, 0.3) is 5.91 Å². The Balaban J connectivity index is 2.27. The molecule has 0 spiro atoms. The third-order valence-corrected chi connectivity index (χ3v) is 3.21. The molecule has 1 atom stereocenters. The molecule has 2 rings (SSSR count). The molecule has 1 fully saturated rings. The highest BCUT2D eigenvalue weighted by molar-refractivity contribution is 5.95. The van der Waals surface area contributed by atoms with Crippen LogP contribution in [0.1, 0.15) is 36.5 Å². The Kier molecular flexibility index (Phi) is 3.26. The van der Waals surface area contributed by atoms with Crippen LogP contribution in [0.3, 0.4) is 0 Å². The van der Waals surface area contributed by atoms with Gasteiger partial charge in [0.05, 0.1) is 5.56 Å². The van der Waals surface area contributed by atoms with Crippen molar-refractivity contribution in [3.05, 3.63) is 23.6 Å². The number of aromatic nitrogens is 1. The molecule has 1 aromatic rings. The summed E-state index contributed by atoms with van der Waals surface area (Å²) in [7, 11) is 0. The van der Waals surface area contributed by atoms with Crippen LogP contribution in [0.15, 0.2) is 12.3 Å². The van der Waals surface area contributed by atoms with Gasteiger partial charge >= 0.3 is 0 Å². The van der Waals surface area contributed by atoms with E-state index in [1.54, 1.807) is 4.90 Å². The third kappa shape index (κ3) is 2.23. The number of likely N-dealkylation sites (tertiary alicyclic amines) is 1. The molecular formula is C12H16FN3O. The predicted octanol–water partition coefficient (Wildman–Crippen LogP) is 1.82. The van der Waals surface area contributed by atoms with Crippen LogP contribution in [-0.2, 0) is 0 Å². The molecule has 2 N–H and O–H groups in total. The lowest BCUT2D eigenvalue weighted by molar-refractivity contribution is 0.0631. The number of piperidine rings is 1. The van der Waals surface area contributed by atoms with Crippen LogP contribution in [0.2, 0.25) is 0 Å². The summed E-state index contributed by atoms with van der Waals surface area (Å²) < 4.78 is 13.7. The molecular weight excluding hydrogens is 221 g/mol. The fourth-order valence-electron chi connectivity index (χ4n) is 2.18. The first kappa shape index (κ1) is 11.8. The standard InChI is InChI=1S/C12H16FN3O/c1-8-4-2-3-7-16(8)12(17)9-5-6-15-11(14)10(9)13/h5-6,8H,2-4,7H2,1H3,(H2,14,15). The smallest absolute Gasteiger partial charge is 0.257 e. The molecule has 1 saturated heterocycles. The zero-order chi connectivity index (χ0) is 12.4. The summed E-state index contributed by atoms with van der Waals surface area (Å²) in [6, 6.07) is 1.54. The van der Waals surface area contributed by atoms with Crippen molar-refractivity contribution in [2.24, 2.45) is 0 Å². The second-order valence-electron chi connectivity index (χ2n) is 4.40. The van der Waals surface area contributed by atoms with Crippen molar-refractivity contribution in [2.45, 2.75) is 32.2 Å². The van der Waals surface area contributed by atoms with Crippen molar-refractivity contribution in [2.75, 3.05) is 12.3 Å². The Hall–Kier alpha value is -1.65. The molecule has 0 bridgehead atoms. The number of anilines is 1. The molecule has 5 heteroatoms. The highest BCUT2D eigenvalue weighted by Crippen LogP contribution is 2.21. The molecule has 1 unspecified atom stereocenters. The van der Waals surface area contributed by atoms with Gasteiger partial charge in [-0.15, -0.1) is 0 Å². The first-order valence-corrected chi connectivity index (χ1v) is 5.82. The number of nitrogens with zero attached hydrogens (tertiary/aromatic N) is 2. The van der Waals surface area contributed by atoms with Gasteiger partial charge < -0.3 is 10.6 Å². The van der Waals surface area contributed by atoms with Crippen LogP contribution in [0.5, 0.6) is 0 Å². The van der Waals surface area contributed by atoms with Crippen molar-refractivity contribution >= 4 is 11.7 Å². The number of carbonyl (C=O) groups is 1. The molecule has 1 aliphatic heterocycles. The second-order valence-corrected chi connectivity index (χ2v) is 4.40. The number of halogens is 1. The molecule has 1 amide bonds. The molecule has 0 aliphatic carbocycles. The number of carbonyl (C=O) groups excluding carboxylic acids is 1. The quantitative estimate of drug-likeness (QED) is 0.810. The third-order valence-electron chi connectivity index (χ3n) is 3.21. The number of amides is 1. The average Bonchev–Trinajstić information content (AvgIpc) is 2.32. The Bertz CT molecular complexity index is 436. The van der Waals surface area contributed by atoms with E-state index >= 15 is 0 Å². The highest BCUT2D eigenvalue weighted by Gasteiger charge is 2.26. The van der Waals surface area contributed by atoms with Crippen LogP contribution in [0.4, 0.5) is 10.2 Å². The lowest BCUT2D eigenvalue weighted by Crippen LogP contribution is -2.42. The van der Waals surface area contributed by atoms with Crippen LogP contribution in [-0.4, -0.2) is 28.4 Å². The Labute approximate surface area is 99.6 Å². The fourth-order valence-corrected chi connectivity index (χ4v) is 2.18. The molecule has 0 radical (unpaired) electrons. The van der Waals surface area contributed by atoms with E-state index in [0.717, 1.165) is 19.3 Å². The van der Waals surface area contributed by atoms with Crippen LogP contribution in [0.25, 0.3) is 0 Å². The summed E-state index contributed by atoms with van der Waals surface area (Å²) in [5.74, 6) is -1.22. The SMILES string of the molecule is CC1CCCCN1C(=O)c1ccnc(N)c1F. The Morgan fingerprint density at radius 1 is 1.59 bits per heavy atom. The number of hydrogen-bond donors (Lipinski definition) is 1. The monoisotopic (exact) mass is 237 g/mol. The largest absolute Gasteiger partial charge is 0.381 e. The average molecular weight is 237 g/mol. The number of nitrogen functional groups attached to an aromatic ring is 1. The highest BCUT2D eigenvalue weighted by atomic mass is 19.1. The van der Waals surface area contributed by atoms with E-state index in [2.05, 4.69) is 4.98 Å². The van der Waals surface area contributed by atoms with Gasteiger partial charge in [-0.2, -0.15) is 0 Å². The first-order chi connectivity index (χ1) is 8.11. The van der Waals surface area contributed by atoms with Crippen molar-refractivity contribution in [3.8, 4) is 0 Å². The first-order valence-electron chi connectivity index (χ1n) is 5.82. The van der Waals surface area contributed by atoms with Crippen molar-refractivity contribution in [1.29, 1.82) is 0 Å². The summed E-state index contributed by atoms with van der Waals surface area (Å²) in [5, 5.41) is 0. The molecule has 0 aromatic carbocycles. The number of pyridine rings is 1. The maximum absolute atomic E-state index is 13.7. The van der Waals surface area contributed by atoms with E-state index in [9.17, 15) is 9.18 Å². The molecule has 92 valence electrons. The van der Waals surface area contributed by atoms with Gasteiger partial charge in [0.1, 0.15) is 0 Å². The molecule has 4 nitrogen and oxygen atoms in total. The normalized spacial score (nSPS) is 20.4. The lowest BCUT2D eigenvalue weighted by atomic mass is 10.0. The number of hydrogen-bond acceptors (Lipinski definition) is 3. The second kappa shape index (κ2) is 4.69. The van der Waals surface area contributed by atoms with Gasteiger partial charge in [-0.25, -0.2) is 9.37 Å². The predicted molar refractivity (Wildman–Crippen MR) is 63.0 cm³/mol. The van der Waals surface area contributed by atoms with Crippen LogP contribution >= 0.6 is 0 Å². The fraction of sp³-hybridized carbons (Fsp3) is 0.500. The van der Waals surface area contributed by atoms with Crippen LogP contribution < -0.4 is 5.73 Å². The minimum atomic E-state index is -0.713. The Morgan fingerprint density at radius 3 is 3.06 bits per heavy atom. The summed E-state index contributed by atoms with van der Waals surface area (Å²) in [5.41, 5.74) is 5.39. The van der Waals surface area contributed by atoms with E-state index in [1.165, 1.54) is 12.3 Å². The maximum atomic E-state index is 13.7. The summed E-state index contributed by atoms with van der Waals surface area (Å²) in [6.07, 6.45) is 4.42. The Morgan fingerprint density at radius 2 is 2.35 bits per heavy atom. The van der Waals surface area contributed by atoms with Gasteiger partial charge in [0.15, 0.2) is 11.6 Å². The van der Waals surface area contributed by atoms with Gasteiger partial charge in [-0.3, -0.25) is 4.79 Å². The summed E-state index contributed by atoms with van der Waals surface area (Å²) >= 11 is 0. The molecule has 1 aliphatic rings. The maximum Gasteiger partial charge on any atom is 0.257 e.